The summed E-state index contributed by atoms with van der Waals surface area (Å²) in [4.78, 5) is 38.4. The van der Waals surface area contributed by atoms with Crippen LogP contribution in [0.1, 0.15) is 387 Å². The van der Waals surface area contributed by atoms with Gasteiger partial charge in [-0.15, -0.1) is 0 Å². The maximum absolute atomic E-state index is 12.9. The third-order valence-corrected chi connectivity index (χ3v) is 16.3. The average molecular weight is 1150 g/mol. The standard InChI is InChI=1S/C76H138O6/c1-4-7-10-13-16-19-22-25-27-29-30-31-32-33-34-35-36-37-38-39-40-41-42-43-44-45-46-47-49-51-54-57-60-63-66-69-75(78)81-72-73(71-80-74(77)68-65-62-59-56-53-50-24-21-18-15-12-9-6-3)82-76(79)70-67-64-61-58-55-52-48-28-26-23-20-17-14-11-8-5-2/h7,10,16,19,25,27,30-31,33-34,73H,4-6,8-9,11-15,17-18,20-24,26,28-29,32,35-72H2,1-3H3/b10-7-,19-16-,27-25-,31-30-,34-33-. The Hall–Kier alpha value is -2.89. The van der Waals surface area contributed by atoms with Gasteiger partial charge in [0.2, 0.25) is 0 Å². The molecule has 0 aliphatic rings. The Morgan fingerprint density at radius 2 is 0.476 bits per heavy atom. The van der Waals surface area contributed by atoms with E-state index in [1.54, 1.807) is 0 Å². The largest absolute Gasteiger partial charge is 0.462 e. The number of allylic oxidation sites excluding steroid dienone is 10. The van der Waals surface area contributed by atoms with Gasteiger partial charge in [0.05, 0.1) is 0 Å². The molecule has 478 valence electrons. The Balaban J connectivity index is 4.09. The van der Waals surface area contributed by atoms with Crippen molar-refractivity contribution in [3.8, 4) is 0 Å². The summed E-state index contributed by atoms with van der Waals surface area (Å²) < 4.78 is 17.0. The molecule has 0 N–H and O–H groups in total. The highest BCUT2D eigenvalue weighted by Crippen LogP contribution is 2.19. The minimum Gasteiger partial charge on any atom is -0.462 e. The van der Waals surface area contributed by atoms with Crippen LogP contribution in [0, 0.1) is 0 Å². The van der Waals surface area contributed by atoms with Gasteiger partial charge in [0, 0.05) is 19.3 Å². The molecule has 1 atom stereocenters. The summed E-state index contributed by atoms with van der Waals surface area (Å²) in [6.07, 6.45) is 91.2. The highest BCUT2D eigenvalue weighted by molar-refractivity contribution is 5.71. The van der Waals surface area contributed by atoms with E-state index in [0.29, 0.717) is 19.3 Å². The van der Waals surface area contributed by atoms with Gasteiger partial charge in [-0.1, -0.05) is 364 Å². The topological polar surface area (TPSA) is 78.9 Å². The summed E-state index contributed by atoms with van der Waals surface area (Å²) in [5.74, 6) is -0.835. The third kappa shape index (κ3) is 67.9. The summed E-state index contributed by atoms with van der Waals surface area (Å²) in [6, 6.07) is 0. The maximum atomic E-state index is 12.9. The number of carbonyl (C=O) groups excluding carboxylic acids is 3. The number of hydrogen-bond donors (Lipinski definition) is 0. The number of rotatable bonds is 67. The molecule has 0 radical (unpaired) electrons. The van der Waals surface area contributed by atoms with E-state index in [0.717, 1.165) is 89.9 Å². The van der Waals surface area contributed by atoms with Crippen LogP contribution in [0.25, 0.3) is 0 Å². The second kappa shape index (κ2) is 70.6. The minimum atomic E-state index is -0.768. The van der Waals surface area contributed by atoms with E-state index in [1.807, 2.05) is 0 Å². The second-order valence-corrected chi connectivity index (χ2v) is 24.5. The zero-order chi connectivity index (χ0) is 59.2. The molecule has 0 saturated carbocycles. The van der Waals surface area contributed by atoms with Crippen LogP contribution in [0.4, 0.5) is 0 Å². The molecule has 1 unspecified atom stereocenters. The highest BCUT2D eigenvalue weighted by Gasteiger charge is 2.19. The molecular weight excluding hydrogens is 1010 g/mol. The van der Waals surface area contributed by atoms with Crippen molar-refractivity contribution in [3.63, 3.8) is 0 Å². The van der Waals surface area contributed by atoms with Gasteiger partial charge in [-0.05, 0) is 64.2 Å². The predicted octanol–water partition coefficient (Wildman–Crippen LogP) is 25.1. The van der Waals surface area contributed by atoms with Crippen molar-refractivity contribution in [1.82, 2.24) is 0 Å². The van der Waals surface area contributed by atoms with Crippen LogP contribution in [-0.2, 0) is 28.6 Å². The number of unbranched alkanes of at least 4 members (excludes halogenated alkanes) is 46. The van der Waals surface area contributed by atoms with Crippen LogP contribution >= 0.6 is 0 Å². The van der Waals surface area contributed by atoms with Crippen molar-refractivity contribution in [2.75, 3.05) is 13.2 Å². The molecule has 0 spiro atoms. The Morgan fingerprint density at radius 3 is 0.744 bits per heavy atom. The lowest BCUT2D eigenvalue weighted by Crippen LogP contribution is -2.30. The summed E-state index contributed by atoms with van der Waals surface area (Å²) in [7, 11) is 0. The Labute approximate surface area is 510 Å². The van der Waals surface area contributed by atoms with E-state index in [-0.39, 0.29) is 31.1 Å². The number of esters is 3. The molecular formula is C76H138O6. The predicted molar refractivity (Wildman–Crippen MR) is 358 cm³/mol. The van der Waals surface area contributed by atoms with E-state index in [1.165, 1.54) is 257 Å². The zero-order valence-electron chi connectivity index (χ0n) is 55.0. The SMILES string of the molecule is CC/C=C\C/C=C\C/C=C\C/C=C\C/C=C\CCCCCCCCCCCCCCCCCCCCCC(=O)OCC(COC(=O)CCCCCCCCCCCCCCC)OC(=O)CCCCCCCCCCCCCCCCCC. The molecule has 0 bridgehead atoms. The van der Waals surface area contributed by atoms with Gasteiger partial charge >= 0.3 is 17.9 Å². The van der Waals surface area contributed by atoms with Crippen LogP contribution in [0.3, 0.4) is 0 Å². The van der Waals surface area contributed by atoms with Crippen molar-refractivity contribution >= 4 is 17.9 Å². The van der Waals surface area contributed by atoms with Crippen LogP contribution in [0.2, 0.25) is 0 Å². The molecule has 0 amide bonds. The maximum Gasteiger partial charge on any atom is 0.306 e. The summed E-state index contributed by atoms with van der Waals surface area (Å²) in [6.45, 7) is 6.59. The molecule has 0 aromatic rings. The van der Waals surface area contributed by atoms with Gasteiger partial charge in [-0.25, -0.2) is 0 Å². The summed E-state index contributed by atoms with van der Waals surface area (Å²) in [5.41, 5.74) is 0. The highest BCUT2D eigenvalue weighted by atomic mass is 16.6. The molecule has 0 aliphatic carbocycles. The molecule has 82 heavy (non-hydrogen) atoms. The fraction of sp³-hybridized carbons (Fsp3) is 0.829. The van der Waals surface area contributed by atoms with Gasteiger partial charge in [0.25, 0.3) is 0 Å². The lowest BCUT2D eigenvalue weighted by atomic mass is 10.0. The minimum absolute atomic E-state index is 0.0652. The first-order valence-electron chi connectivity index (χ1n) is 36.3. The van der Waals surface area contributed by atoms with Crippen LogP contribution in [0.15, 0.2) is 60.8 Å². The van der Waals surface area contributed by atoms with Crippen molar-refractivity contribution in [3.05, 3.63) is 60.8 Å². The van der Waals surface area contributed by atoms with Gasteiger partial charge in [0.15, 0.2) is 6.10 Å². The van der Waals surface area contributed by atoms with E-state index in [4.69, 9.17) is 14.2 Å². The molecule has 0 fully saturated rings. The summed E-state index contributed by atoms with van der Waals surface area (Å²) >= 11 is 0. The molecule has 0 saturated heterocycles. The summed E-state index contributed by atoms with van der Waals surface area (Å²) in [5, 5.41) is 0. The Bertz CT molecular complexity index is 1460. The van der Waals surface area contributed by atoms with E-state index in [9.17, 15) is 14.4 Å². The first kappa shape index (κ1) is 79.1. The molecule has 0 aliphatic heterocycles. The normalized spacial score (nSPS) is 12.4. The van der Waals surface area contributed by atoms with Gasteiger partial charge in [-0.2, -0.15) is 0 Å². The fourth-order valence-corrected chi connectivity index (χ4v) is 10.9. The van der Waals surface area contributed by atoms with Crippen molar-refractivity contribution in [2.24, 2.45) is 0 Å². The lowest BCUT2D eigenvalue weighted by molar-refractivity contribution is -0.167. The average Bonchev–Trinajstić information content (AvgIpc) is 3.47. The van der Waals surface area contributed by atoms with Gasteiger partial charge < -0.3 is 14.2 Å². The van der Waals surface area contributed by atoms with Crippen molar-refractivity contribution < 1.29 is 28.6 Å². The molecule has 6 heteroatoms. The number of hydrogen-bond acceptors (Lipinski definition) is 6. The Kier molecular flexibility index (Phi) is 68.1. The monoisotopic (exact) mass is 1150 g/mol. The van der Waals surface area contributed by atoms with Crippen molar-refractivity contribution in [1.29, 1.82) is 0 Å². The Morgan fingerprint density at radius 1 is 0.256 bits per heavy atom. The van der Waals surface area contributed by atoms with Crippen LogP contribution in [-0.4, -0.2) is 37.2 Å². The quantitative estimate of drug-likeness (QED) is 0.0261. The molecule has 6 nitrogen and oxygen atoms in total. The molecule has 0 aromatic carbocycles. The van der Waals surface area contributed by atoms with E-state index in [2.05, 4.69) is 81.5 Å². The smallest absolute Gasteiger partial charge is 0.306 e. The van der Waals surface area contributed by atoms with Crippen LogP contribution in [0.5, 0.6) is 0 Å². The molecule has 0 aromatic heterocycles. The zero-order valence-corrected chi connectivity index (χ0v) is 55.0. The first-order chi connectivity index (χ1) is 40.5. The van der Waals surface area contributed by atoms with Gasteiger partial charge in [-0.3, -0.25) is 14.4 Å². The number of ether oxygens (including phenoxy) is 3. The van der Waals surface area contributed by atoms with Gasteiger partial charge in [0.1, 0.15) is 13.2 Å². The first-order valence-corrected chi connectivity index (χ1v) is 36.3. The third-order valence-electron chi connectivity index (χ3n) is 16.3. The van der Waals surface area contributed by atoms with E-state index >= 15 is 0 Å². The number of carbonyl (C=O) groups is 3. The van der Waals surface area contributed by atoms with Crippen molar-refractivity contribution in [2.45, 2.75) is 393 Å². The second-order valence-electron chi connectivity index (χ2n) is 24.5. The van der Waals surface area contributed by atoms with E-state index < -0.39 is 6.10 Å². The fourth-order valence-electron chi connectivity index (χ4n) is 10.9. The lowest BCUT2D eigenvalue weighted by Gasteiger charge is -2.18. The molecule has 0 heterocycles. The van der Waals surface area contributed by atoms with Crippen LogP contribution < -0.4 is 0 Å². The molecule has 0 rings (SSSR count).